The number of carbonyl (C=O) groups is 1. The number of hydrogen-bond acceptors (Lipinski definition) is 5. The van der Waals surface area contributed by atoms with E-state index in [1.165, 1.54) is 11.3 Å². The Hall–Kier alpha value is -3.61. The van der Waals surface area contributed by atoms with Crippen LogP contribution in [0.2, 0.25) is 0 Å². The highest BCUT2D eigenvalue weighted by Gasteiger charge is 2.23. The predicted octanol–water partition coefficient (Wildman–Crippen LogP) is 5.98. The van der Waals surface area contributed by atoms with E-state index in [0.29, 0.717) is 10.6 Å². The van der Waals surface area contributed by atoms with E-state index in [0.717, 1.165) is 58.2 Å². The van der Waals surface area contributed by atoms with E-state index in [1.54, 1.807) is 6.08 Å². The largest absolute Gasteiger partial charge is 0.490 e. The quantitative estimate of drug-likeness (QED) is 0.389. The van der Waals surface area contributed by atoms with Crippen molar-refractivity contribution in [2.24, 2.45) is 0 Å². The third-order valence-corrected chi connectivity index (χ3v) is 6.66. The molecule has 1 aliphatic carbocycles. The maximum absolute atomic E-state index is 12.9. The number of hydrogen-bond donors (Lipinski definition) is 1. The van der Waals surface area contributed by atoms with Crippen LogP contribution >= 0.6 is 11.3 Å². The number of anilines is 1. The van der Waals surface area contributed by atoms with Crippen molar-refractivity contribution in [3.63, 3.8) is 0 Å². The number of nitriles is 2. The van der Waals surface area contributed by atoms with Gasteiger partial charge in [0.15, 0.2) is 0 Å². The maximum atomic E-state index is 12.9. The van der Waals surface area contributed by atoms with Crippen LogP contribution in [0.1, 0.15) is 48.3 Å². The number of carbonyl (C=O) groups excluding carboxylic acids is 1. The second-order valence-electron chi connectivity index (χ2n) is 8.02. The Kier molecular flexibility index (Phi) is 6.25. The zero-order valence-electron chi connectivity index (χ0n) is 18.1. The van der Waals surface area contributed by atoms with E-state index < -0.39 is 5.91 Å². The lowest BCUT2D eigenvalue weighted by Gasteiger charge is -2.14. The molecule has 32 heavy (non-hydrogen) atoms. The van der Waals surface area contributed by atoms with Gasteiger partial charge in [-0.2, -0.15) is 10.5 Å². The Balaban J connectivity index is 1.68. The molecular weight excluding hydrogens is 418 g/mol. The van der Waals surface area contributed by atoms with Crippen LogP contribution in [0, 0.1) is 22.7 Å². The normalized spacial score (nSPS) is 13.3. The highest BCUT2D eigenvalue weighted by Crippen LogP contribution is 2.38. The van der Waals surface area contributed by atoms with Gasteiger partial charge >= 0.3 is 0 Å². The number of aryl methyl sites for hydroxylation is 1. The Morgan fingerprint density at radius 3 is 2.59 bits per heavy atom. The lowest BCUT2D eigenvalue weighted by molar-refractivity contribution is -0.112. The van der Waals surface area contributed by atoms with Gasteiger partial charge < -0.3 is 10.1 Å². The molecule has 0 spiro atoms. The van der Waals surface area contributed by atoms with Gasteiger partial charge in [0.05, 0.1) is 11.7 Å². The number of amides is 1. The summed E-state index contributed by atoms with van der Waals surface area (Å²) in [6.07, 6.45) is 5.57. The Morgan fingerprint density at radius 1 is 1.12 bits per heavy atom. The number of rotatable bonds is 5. The van der Waals surface area contributed by atoms with E-state index in [9.17, 15) is 15.3 Å². The molecule has 2 aromatic carbocycles. The molecule has 0 saturated carbocycles. The summed E-state index contributed by atoms with van der Waals surface area (Å²) >= 11 is 1.45. The molecule has 1 heterocycles. The molecule has 1 aliphatic rings. The van der Waals surface area contributed by atoms with Gasteiger partial charge in [-0.15, -0.1) is 11.3 Å². The van der Waals surface area contributed by atoms with Gasteiger partial charge in [-0.1, -0.05) is 30.3 Å². The SMILES string of the molecule is CC(C)Oc1ccc(C=C(C#N)C(=O)Nc2sc3c(c2C#N)CCCC3)c2ccccc12. The molecule has 5 nitrogen and oxygen atoms in total. The minimum atomic E-state index is -0.505. The highest BCUT2D eigenvalue weighted by atomic mass is 32.1. The number of nitrogens with zero attached hydrogens (tertiary/aromatic N) is 2. The smallest absolute Gasteiger partial charge is 0.266 e. The topological polar surface area (TPSA) is 85.9 Å². The van der Waals surface area contributed by atoms with Crippen molar-refractivity contribution in [2.75, 3.05) is 5.32 Å². The van der Waals surface area contributed by atoms with Crippen molar-refractivity contribution in [3.8, 4) is 17.9 Å². The number of benzene rings is 2. The summed E-state index contributed by atoms with van der Waals surface area (Å²) in [4.78, 5) is 14.1. The number of fused-ring (bicyclic) bond motifs is 2. The zero-order chi connectivity index (χ0) is 22.7. The fraction of sp³-hybridized carbons (Fsp3) is 0.269. The molecule has 0 aliphatic heterocycles. The molecule has 0 saturated heterocycles. The van der Waals surface area contributed by atoms with Crippen LogP contribution in [0.5, 0.6) is 5.75 Å². The van der Waals surface area contributed by atoms with E-state index >= 15 is 0 Å². The number of thiophene rings is 1. The molecule has 160 valence electrons. The van der Waals surface area contributed by atoms with E-state index in [2.05, 4.69) is 11.4 Å². The summed E-state index contributed by atoms with van der Waals surface area (Å²) in [5, 5.41) is 24.5. The summed E-state index contributed by atoms with van der Waals surface area (Å²) in [7, 11) is 0. The molecule has 1 N–H and O–H groups in total. The first-order chi connectivity index (χ1) is 15.5. The lowest BCUT2D eigenvalue weighted by Crippen LogP contribution is -2.13. The van der Waals surface area contributed by atoms with Crippen molar-refractivity contribution in [2.45, 2.75) is 45.6 Å². The standard InChI is InChI=1S/C26H23N3O2S/c1-16(2)31-23-12-11-17(19-7-3-4-8-20(19)23)13-18(14-27)25(30)29-26-22(15-28)21-9-5-6-10-24(21)32-26/h3-4,7-8,11-13,16H,5-6,9-10H2,1-2H3,(H,29,30). The lowest BCUT2D eigenvalue weighted by atomic mass is 9.96. The molecule has 0 atom stereocenters. The third-order valence-electron chi connectivity index (χ3n) is 5.46. The van der Waals surface area contributed by atoms with Crippen molar-refractivity contribution in [1.82, 2.24) is 0 Å². The van der Waals surface area contributed by atoms with E-state index in [4.69, 9.17) is 4.74 Å². The summed E-state index contributed by atoms with van der Waals surface area (Å²) in [5.74, 6) is 0.257. The first-order valence-electron chi connectivity index (χ1n) is 10.7. The van der Waals surface area contributed by atoms with Crippen molar-refractivity contribution in [3.05, 3.63) is 63.5 Å². The van der Waals surface area contributed by atoms with Crippen molar-refractivity contribution in [1.29, 1.82) is 10.5 Å². The molecular formula is C26H23N3O2S. The van der Waals surface area contributed by atoms with Crippen LogP contribution in [-0.2, 0) is 17.6 Å². The molecule has 1 amide bonds. The summed E-state index contributed by atoms with van der Waals surface area (Å²) in [6, 6.07) is 15.7. The first kappa shape index (κ1) is 21.6. The molecule has 0 fully saturated rings. The second-order valence-corrected chi connectivity index (χ2v) is 9.12. The van der Waals surface area contributed by atoms with Crippen LogP contribution in [0.25, 0.3) is 16.8 Å². The number of nitrogens with one attached hydrogen (secondary N) is 1. The van der Waals surface area contributed by atoms with Crippen LogP contribution in [0.4, 0.5) is 5.00 Å². The van der Waals surface area contributed by atoms with E-state index in [-0.39, 0.29) is 11.7 Å². The van der Waals surface area contributed by atoms with Crippen LogP contribution in [0.3, 0.4) is 0 Å². The van der Waals surface area contributed by atoms with Crippen LogP contribution in [0.15, 0.2) is 42.0 Å². The average Bonchev–Trinajstić information content (AvgIpc) is 3.15. The van der Waals surface area contributed by atoms with Gasteiger partial charge in [0.25, 0.3) is 5.91 Å². The summed E-state index contributed by atoms with van der Waals surface area (Å²) in [6.45, 7) is 3.94. The highest BCUT2D eigenvalue weighted by molar-refractivity contribution is 7.16. The molecule has 1 aromatic heterocycles. The minimum Gasteiger partial charge on any atom is -0.490 e. The molecule has 0 bridgehead atoms. The maximum Gasteiger partial charge on any atom is 0.266 e. The third kappa shape index (κ3) is 4.23. The van der Waals surface area contributed by atoms with Crippen molar-refractivity contribution >= 4 is 39.1 Å². The minimum absolute atomic E-state index is 0.0112. The fourth-order valence-electron chi connectivity index (χ4n) is 4.02. The average molecular weight is 442 g/mol. The Morgan fingerprint density at radius 2 is 1.88 bits per heavy atom. The predicted molar refractivity (Wildman–Crippen MR) is 128 cm³/mol. The molecule has 3 aromatic rings. The molecule has 4 rings (SSSR count). The van der Waals surface area contributed by atoms with Gasteiger partial charge in [-0.05, 0) is 68.2 Å². The van der Waals surface area contributed by atoms with Gasteiger partial charge in [0.1, 0.15) is 28.5 Å². The van der Waals surface area contributed by atoms with Gasteiger partial charge in [0, 0.05) is 10.3 Å². The fourth-order valence-corrected chi connectivity index (χ4v) is 5.26. The van der Waals surface area contributed by atoms with Gasteiger partial charge in [-0.25, -0.2) is 0 Å². The molecule has 6 heteroatoms. The summed E-state index contributed by atoms with van der Waals surface area (Å²) in [5.41, 5.74) is 2.33. The zero-order valence-corrected chi connectivity index (χ0v) is 18.9. The van der Waals surface area contributed by atoms with Crippen molar-refractivity contribution < 1.29 is 9.53 Å². The molecule has 0 unspecified atom stereocenters. The Labute approximate surface area is 191 Å². The summed E-state index contributed by atoms with van der Waals surface area (Å²) < 4.78 is 5.91. The molecule has 0 radical (unpaired) electrons. The first-order valence-corrected chi connectivity index (χ1v) is 11.5. The van der Waals surface area contributed by atoms with Gasteiger partial charge in [0.2, 0.25) is 0 Å². The Bertz CT molecular complexity index is 1310. The second kappa shape index (κ2) is 9.26. The van der Waals surface area contributed by atoms with Gasteiger partial charge in [-0.3, -0.25) is 4.79 Å². The van der Waals surface area contributed by atoms with Crippen LogP contribution in [-0.4, -0.2) is 12.0 Å². The number of ether oxygens (including phenoxy) is 1. The monoisotopic (exact) mass is 441 g/mol. The van der Waals surface area contributed by atoms with Crippen LogP contribution < -0.4 is 10.1 Å². The van der Waals surface area contributed by atoms with E-state index in [1.807, 2.05) is 56.3 Å².